The van der Waals surface area contributed by atoms with Crippen LogP contribution in [-0.2, 0) is 0 Å². The molecule has 262 valence electrons. The maximum atomic E-state index is 6.10. The summed E-state index contributed by atoms with van der Waals surface area (Å²) in [6.07, 6.45) is 15.1. The molecule has 0 fully saturated rings. The van der Waals surface area contributed by atoms with E-state index in [0.717, 1.165) is 71.7 Å². The lowest BCUT2D eigenvalue weighted by Crippen LogP contribution is -2.12. The third-order valence-electron chi connectivity index (χ3n) is 9.12. The minimum absolute atomic E-state index is 0.766. The van der Waals surface area contributed by atoms with Gasteiger partial charge in [-0.05, 0) is 110 Å². The highest BCUT2D eigenvalue weighted by Gasteiger charge is 2.16. The van der Waals surface area contributed by atoms with Crippen LogP contribution in [0.5, 0.6) is 11.5 Å². The summed E-state index contributed by atoms with van der Waals surface area (Å²) >= 11 is 0. The zero-order chi connectivity index (χ0) is 34.6. The summed E-state index contributed by atoms with van der Waals surface area (Å²) in [4.78, 5) is 4.59. The van der Waals surface area contributed by atoms with Crippen LogP contribution >= 0.6 is 0 Å². The molecule has 0 heterocycles. The van der Waals surface area contributed by atoms with Gasteiger partial charge in [-0.1, -0.05) is 114 Å². The predicted octanol–water partition coefficient (Wildman–Crippen LogP) is 14.1. The first-order chi connectivity index (χ1) is 24.8. The van der Waals surface area contributed by atoms with Crippen LogP contribution in [0.4, 0.5) is 34.1 Å². The molecule has 0 bridgehead atoms. The van der Waals surface area contributed by atoms with Crippen molar-refractivity contribution in [3.05, 3.63) is 133 Å². The Balaban J connectivity index is 1.30. The maximum Gasteiger partial charge on any atom is 0.119 e. The Hall–Kier alpha value is -4.70. The number of ether oxygens (including phenoxy) is 2. The third kappa shape index (κ3) is 11.2. The maximum absolute atomic E-state index is 6.10. The molecule has 0 aliphatic rings. The Bertz CT molecular complexity index is 1480. The van der Waals surface area contributed by atoms with Crippen LogP contribution in [-0.4, -0.2) is 13.2 Å². The number of nitrogens with zero attached hydrogens (tertiary/aromatic N) is 2. The lowest BCUT2D eigenvalue weighted by Gasteiger charge is -2.28. The van der Waals surface area contributed by atoms with Gasteiger partial charge in [0, 0.05) is 34.1 Å². The Kier molecular flexibility index (Phi) is 15.2. The van der Waals surface area contributed by atoms with Gasteiger partial charge < -0.3 is 19.3 Å². The molecule has 0 aliphatic carbocycles. The fraction of sp³-hybridized carbons (Fsp3) is 0.348. The SMILES string of the molecule is CCCCCCCCOc1ccc(N(c2ccccc2)c2ccc(N(c3ccccc3)c3ccc(OCCCCCCCC)cc3)cc2)cc1. The number of hydrogen-bond donors (Lipinski definition) is 0. The molecule has 0 aliphatic heterocycles. The molecule has 0 saturated carbocycles. The summed E-state index contributed by atoms with van der Waals surface area (Å²) in [6, 6.07) is 46.9. The molecule has 5 rings (SSSR count). The Labute approximate surface area is 301 Å². The second-order valence-corrected chi connectivity index (χ2v) is 13.1. The molecule has 50 heavy (non-hydrogen) atoms. The average molecular weight is 669 g/mol. The van der Waals surface area contributed by atoms with Crippen molar-refractivity contribution >= 4 is 34.1 Å². The standard InChI is InChI=1S/C46H56N2O2/c1-3-5-7-9-11-19-37-49-45-33-29-43(30-34-45)47(39-21-15-13-16-22-39)41-25-27-42(28-26-41)48(40-23-17-14-18-24-40)44-31-35-46(36-32-44)50-38-20-12-10-8-6-4-2/h13-18,21-36H,3-12,19-20,37-38H2,1-2H3. The molecule has 0 saturated heterocycles. The Morgan fingerprint density at radius 1 is 0.320 bits per heavy atom. The average Bonchev–Trinajstić information content (AvgIpc) is 3.17. The molecule has 5 aromatic carbocycles. The van der Waals surface area contributed by atoms with Crippen molar-refractivity contribution in [3.8, 4) is 11.5 Å². The highest BCUT2D eigenvalue weighted by molar-refractivity contribution is 5.81. The van der Waals surface area contributed by atoms with Crippen molar-refractivity contribution in [2.24, 2.45) is 0 Å². The molecule has 0 spiro atoms. The van der Waals surface area contributed by atoms with Gasteiger partial charge in [0.15, 0.2) is 0 Å². The summed E-state index contributed by atoms with van der Waals surface area (Å²) in [5.41, 5.74) is 6.58. The van der Waals surface area contributed by atoms with Gasteiger partial charge in [0.2, 0.25) is 0 Å². The Morgan fingerprint density at radius 3 is 0.940 bits per heavy atom. The van der Waals surface area contributed by atoms with Gasteiger partial charge >= 0.3 is 0 Å². The van der Waals surface area contributed by atoms with Gasteiger partial charge in [-0.15, -0.1) is 0 Å². The van der Waals surface area contributed by atoms with Crippen LogP contribution < -0.4 is 19.3 Å². The smallest absolute Gasteiger partial charge is 0.119 e. The fourth-order valence-electron chi connectivity index (χ4n) is 6.33. The largest absolute Gasteiger partial charge is 0.494 e. The molecule has 0 aromatic heterocycles. The molecule has 0 unspecified atom stereocenters. The normalized spacial score (nSPS) is 10.9. The van der Waals surface area contributed by atoms with Crippen LogP contribution in [0.3, 0.4) is 0 Å². The summed E-state index contributed by atoms with van der Waals surface area (Å²) < 4.78 is 12.2. The second-order valence-electron chi connectivity index (χ2n) is 13.1. The van der Waals surface area contributed by atoms with Crippen molar-refractivity contribution in [3.63, 3.8) is 0 Å². The van der Waals surface area contributed by atoms with Crippen molar-refractivity contribution in [1.29, 1.82) is 0 Å². The van der Waals surface area contributed by atoms with Crippen LogP contribution in [0.1, 0.15) is 90.9 Å². The van der Waals surface area contributed by atoms with Crippen molar-refractivity contribution in [2.45, 2.75) is 90.9 Å². The zero-order valence-electron chi connectivity index (χ0n) is 30.3. The highest BCUT2D eigenvalue weighted by Crippen LogP contribution is 2.39. The summed E-state index contributed by atoms with van der Waals surface area (Å²) in [5, 5.41) is 0. The van der Waals surface area contributed by atoms with E-state index in [1.54, 1.807) is 0 Å². The van der Waals surface area contributed by atoms with E-state index in [1.807, 2.05) is 0 Å². The number of unbranched alkanes of at least 4 members (excludes halogenated alkanes) is 10. The van der Waals surface area contributed by atoms with E-state index < -0.39 is 0 Å². The number of rotatable bonds is 22. The molecule has 0 N–H and O–H groups in total. The summed E-state index contributed by atoms with van der Waals surface area (Å²) in [5.74, 6) is 1.84. The van der Waals surface area contributed by atoms with Crippen LogP contribution in [0, 0.1) is 0 Å². The topological polar surface area (TPSA) is 24.9 Å². The minimum atomic E-state index is 0.766. The first-order valence-corrected chi connectivity index (χ1v) is 19.0. The molecule has 5 aromatic rings. The van der Waals surface area contributed by atoms with Crippen LogP contribution in [0.25, 0.3) is 0 Å². The van der Waals surface area contributed by atoms with Crippen molar-refractivity contribution < 1.29 is 9.47 Å². The van der Waals surface area contributed by atoms with E-state index in [4.69, 9.17) is 9.47 Å². The van der Waals surface area contributed by atoms with Gasteiger partial charge in [0.25, 0.3) is 0 Å². The van der Waals surface area contributed by atoms with Gasteiger partial charge in [0.05, 0.1) is 13.2 Å². The van der Waals surface area contributed by atoms with Gasteiger partial charge in [-0.3, -0.25) is 0 Å². The first-order valence-electron chi connectivity index (χ1n) is 19.0. The fourth-order valence-corrected chi connectivity index (χ4v) is 6.33. The number of benzene rings is 5. The van der Waals surface area contributed by atoms with E-state index >= 15 is 0 Å². The van der Waals surface area contributed by atoms with Gasteiger partial charge in [-0.25, -0.2) is 0 Å². The molecular weight excluding hydrogens is 613 g/mol. The van der Waals surface area contributed by atoms with Crippen LogP contribution in [0.15, 0.2) is 133 Å². The van der Waals surface area contributed by atoms with E-state index in [2.05, 4.69) is 157 Å². The number of para-hydroxylation sites is 2. The quantitative estimate of drug-likeness (QED) is 0.0685. The summed E-state index contributed by atoms with van der Waals surface area (Å²) in [7, 11) is 0. The molecule has 0 radical (unpaired) electrons. The van der Waals surface area contributed by atoms with E-state index in [1.165, 1.54) is 64.2 Å². The molecule has 0 atom stereocenters. The minimum Gasteiger partial charge on any atom is -0.494 e. The predicted molar refractivity (Wildman–Crippen MR) is 214 cm³/mol. The molecule has 4 nitrogen and oxygen atoms in total. The second kappa shape index (κ2) is 20.7. The lowest BCUT2D eigenvalue weighted by atomic mass is 10.1. The first kappa shape index (κ1) is 36.6. The third-order valence-corrected chi connectivity index (χ3v) is 9.12. The Morgan fingerprint density at radius 2 is 0.600 bits per heavy atom. The molecule has 0 amide bonds. The molecule has 4 heteroatoms. The zero-order valence-corrected chi connectivity index (χ0v) is 30.3. The highest BCUT2D eigenvalue weighted by atomic mass is 16.5. The van der Waals surface area contributed by atoms with Crippen molar-refractivity contribution in [2.75, 3.05) is 23.0 Å². The summed E-state index contributed by atoms with van der Waals surface area (Å²) in [6.45, 7) is 6.05. The van der Waals surface area contributed by atoms with E-state index in [-0.39, 0.29) is 0 Å². The number of hydrogen-bond acceptors (Lipinski definition) is 4. The van der Waals surface area contributed by atoms with E-state index in [0.29, 0.717) is 0 Å². The van der Waals surface area contributed by atoms with Crippen LogP contribution in [0.2, 0.25) is 0 Å². The van der Waals surface area contributed by atoms with Gasteiger partial charge in [-0.2, -0.15) is 0 Å². The van der Waals surface area contributed by atoms with E-state index in [9.17, 15) is 0 Å². The number of anilines is 6. The van der Waals surface area contributed by atoms with Gasteiger partial charge in [0.1, 0.15) is 11.5 Å². The van der Waals surface area contributed by atoms with Crippen molar-refractivity contribution in [1.82, 2.24) is 0 Å². The monoisotopic (exact) mass is 668 g/mol. The lowest BCUT2D eigenvalue weighted by molar-refractivity contribution is 0.304. The molecular formula is C46H56N2O2.